The number of ether oxygens (including phenoxy) is 1. The second-order valence-corrected chi connectivity index (χ2v) is 9.00. The molecule has 0 spiro atoms. The molecule has 0 fully saturated rings. The zero-order valence-electron chi connectivity index (χ0n) is 18.8. The third-order valence-corrected chi connectivity index (χ3v) is 5.68. The normalized spacial score (nSPS) is 13.3. The Morgan fingerprint density at radius 1 is 0.816 bits per heavy atom. The molecule has 0 aliphatic heterocycles. The molecule has 3 nitrogen and oxygen atoms in total. The second-order valence-electron chi connectivity index (χ2n) is 7.86. The van der Waals surface area contributed by atoms with Gasteiger partial charge in [0.25, 0.3) is 0 Å². The van der Waals surface area contributed by atoms with Gasteiger partial charge in [-0.25, -0.2) is 4.39 Å². The topological polar surface area (TPSA) is 32.7 Å². The zero-order chi connectivity index (χ0) is 28.3. The quantitative estimate of drug-likeness (QED) is 0.218. The summed E-state index contributed by atoms with van der Waals surface area (Å²) in [5, 5.41) is 9.61. The second kappa shape index (κ2) is 11.3. The summed E-state index contributed by atoms with van der Waals surface area (Å²) in [5.74, 6) is -1.20. The van der Waals surface area contributed by atoms with Crippen molar-refractivity contribution in [2.24, 2.45) is 0 Å². The Hall–Kier alpha value is -3.13. The first kappa shape index (κ1) is 29.4. The minimum absolute atomic E-state index is 0.0396. The van der Waals surface area contributed by atoms with Gasteiger partial charge < -0.3 is 14.7 Å². The molecular formula is C24H17F10NO2S. The van der Waals surface area contributed by atoms with Gasteiger partial charge in [-0.05, 0) is 60.3 Å². The predicted octanol–water partition coefficient (Wildman–Crippen LogP) is 8.18. The molecule has 0 saturated carbocycles. The van der Waals surface area contributed by atoms with E-state index in [-0.39, 0.29) is 22.1 Å². The zero-order valence-corrected chi connectivity index (χ0v) is 19.6. The van der Waals surface area contributed by atoms with Gasteiger partial charge in [-0.2, -0.15) is 39.5 Å². The molecular weight excluding hydrogens is 556 g/mol. The first-order chi connectivity index (χ1) is 17.5. The molecule has 0 aliphatic rings. The van der Waals surface area contributed by atoms with Gasteiger partial charge in [-0.3, -0.25) is 0 Å². The smallest absolute Gasteiger partial charge is 0.446 e. The lowest BCUT2D eigenvalue weighted by Crippen LogP contribution is -2.41. The van der Waals surface area contributed by atoms with Crippen molar-refractivity contribution in [1.82, 2.24) is 0 Å². The van der Waals surface area contributed by atoms with E-state index in [9.17, 15) is 49.0 Å². The van der Waals surface area contributed by atoms with Crippen LogP contribution in [0.5, 0.6) is 11.5 Å². The number of halogens is 10. The van der Waals surface area contributed by atoms with Crippen molar-refractivity contribution in [1.29, 1.82) is 0 Å². The molecule has 3 aromatic carbocycles. The first-order valence-electron chi connectivity index (χ1n) is 10.5. The van der Waals surface area contributed by atoms with Gasteiger partial charge >= 0.3 is 17.9 Å². The van der Waals surface area contributed by atoms with Gasteiger partial charge in [-0.15, -0.1) is 0 Å². The highest BCUT2D eigenvalue weighted by molar-refractivity contribution is 8.00. The summed E-state index contributed by atoms with van der Waals surface area (Å²) in [6.45, 7) is -1.95. The Morgan fingerprint density at radius 2 is 1.45 bits per heavy atom. The molecule has 206 valence electrons. The molecule has 0 aromatic heterocycles. The van der Waals surface area contributed by atoms with Crippen molar-refractivity contribution in [3.05, 3.63) is 83.7 Å². The van der Waals surface area contributed by atoms with Crippen LogP contribution >= 0.6 is 11.8 Å². The van der Waals surface area contributed by atoms with Crippen LogP contribution in [-0.4, -0.2) is 29.4 Å². The third-order valence-electron chi connectivity index (χ3n) is 4.96. The van der Waals surface area contributed by atoms with Gasteiger partial charge in [0, 0.05) is 28.8 Å². The van der Waals surface area contributed by atoms with Gasteiger partial charge in [0.1, 0.15) is 17.3 Å². The van der Waals surface area contributed by atoms with Crippen LogP contribution in [0.1, 0.15) is 11.1 Å². The van der Waals surface area contributed by atoms with Crippen molar-refractivity contribution in [2.45, 2.75) is 35.4 Å². The number of thioether (sulfide) groups is 1. The van der Waals surface area contributed by atoms with E-state index in [2.05, 4.69) is 0 Å². The maximum Gasteiger partial charge on any atom is 0.446 e. The Morgan fingerprint density at radius 3 is 2.05 bits per heavy atom. The van der Waals surface area contributed by atoms with Gasteiger partial charge in [0.05, 0.1) is 12.1 Å². The van der Waals surface area contributed by atoms with E-state index in [1.54, 1.807) is 0 Å². The van der Waals surface area contributed by atoms with Gasteiger partial charge in [-0.1, -0.05) is 12.1 Å². The molecule has 0 bridgehead atoms. The van der Waals surface area contributed by atoms with E-state index in [0.29, 0.717) is 18.2 Å². The fourth-order valence-corrected chi connectivity index (χ4v) is 3.85. The van der Waals surface area contributed by atoms with Crippen molar-refractivity contribution < 1.29 is 53.7 Å². The van der Waals surface area contributed by atoms with Crippen molar-refractivity contribution in [3.8, 4) is 11.5 Å². The van der Waals surface area contributed by atoms with Crippen LogP contribution in [0.2, 0.25) is 0 Å². The molecule has 3 aromatic rings. The first-order valence-corrected chi connectivity index (χ1v) is 11.3. The van der Waals surface area contributed by atoms with Crippen molar-refractivity contribution >= 4 is 17.4 Å². The Kier molecular flexibility index (Phi) is 8.76. The van der Waals surface area contributed by atoms with Crippen LogP contribution in [0.15, 0.2) is 71.6 Å². The van der Waals surface area contributed by atoms with Crippen molar-refractivity contribution in [2.75, 3.05) is 11.4 Å². The number of hydrogen-bond acceptors (Lipinski definition) is 4. The highest BCUT2D eigenvalue weighted by atomic mass is 32.2. The van der Waals surface area contributed by atoms with E-state index in [4.69, 9.17) is 4.74 Å². The molecule has 1 N–H and O–H groups in total. The fourth-order valence-electron chi connectivity index (χ4n) is 3.27. The van der Waals surface area contributed by atoms with Gasteiger partial charge in [0.15, 0.2) is 6.10 Å². The lowest BCUT2D eigenvalue weighted by molar-refractivity contribution is -0.200. The molecule has 3 rings (SSSR count). The maximum atomic E-state index is 14.3. The molecule has 0 heterocycles. The number of anilines is 1. The maximum absolute atomic E-state index is 14.3. The fraction of sp³-hybridized carbons (Fsp3) is 0.250. The minimum Gasteiger partial charge on any atom is -0.457 e. The monoisotopic (exact) mass is 573 g/mol. The Bertz CT molecular complexity index is 1240. The molecule has 38 heavy (non-hydrogen) atoms. The number of hydrogen-bond donors (Lipinski definition) is 1. The number of benzene rings is 3. The van der Waals surface area contributed by atoms with E-state index >= 15 is 0 Å². The van der Waals surface area contributed by atoms with E-state index < -0.39 is 65.8 Å². The number of aliphatic hydroxyl groups is 1. The summed E-state index contributed by atoms with van der Waals surface area (Å²) < 4.78 is 136. The molecule has 0 radical (unpaired) electrons. The molecule has 0 amide bonds. The Balaban J connectivity index is 1.93. The van der Waals surface area contributed by atoms with E-state index in [0.717, 1.165) is 17.0 Å². The molecule has 0 aliphatic carbocycles. The molecule has 0 saturated heterocycles. The van der Waals surface area contributed by atoms with E-state index in [1.165, 1.54) is 36.4 Å². The highest BCUT2D eigenvalue weighted by Crippen LogP contribution is 2.39. The van der Waals surface area contributed by atoms with Crippen LogP contribution in [-0.2, 0) is 12.7 Å². The van der Waals surface area contributed by atoms with Crippen LogP contribution in [0.4, 0.5) is 49.6 Å². The van der Waals surface area contributed by atoms with Crippen LogP contribution in [0.25, 0.3) is 0 Å². The van der Waals surface area contributed by atoms with Crippen LogP contribution < -0.4 is 9.64 Å². The summed E-state index contributed by atoms with van der Waals surface area (Å²) in [6, 6.07) is 11.4. The van der Waals surface area contributed by atoms with Crippen molar-refractivity contribution in [3.63, 3.8) is 0 Å². The Labute approximate surface area is 213 Å². The summed E-state index contributed by atoms with van der Waals surface area (Å²) in [4.78, 5) is 0.612. The lowest BCUT2D eigenvalue weighted by Gasteiger charge is -2.29. The van der Waals surface area contributed by atoms with Gasteiger partial charge in [0.2, 0.25) is 0 Å². The number of alkyl halides is 9. The summed E-state index contributed by atoms with van der Waals surface area (Å²) in [7, 11) is 0. The summed E-state index contributed by atoms with van der Waals surface area (Å²) >= 11 is -0.390. The number of aliphatic hydroxyl groups excluding tert-OH is 1. The minimum atomic E-state index is -5.09. The lowest BCUT2D eigenvalue weighted by atomic mass is 10.1. The summed E-state index contributed by atoms with van der Waals surface area (Å²) in [6.07, 6.45) is -12.9. The van der Waals surface area contributed by atoms with E-state index in [1.807, 2.05) is 0 Å². The average Bonchev–Trinajstić information content (AvgIpc) is 2.77. The largest absolute Gasteiger partial charge is 0.457 e. The molecule has 0 unspecified atom stereocenters. The average molecular weight is 573 g/mol. The van der Waals surface area contributed by atoms with Crippen LogP contribution in [0, 0.1) is 5.82 Å². The van der Waals surface area contributed by atoms with Crippen LogP contribution in [0.3, 0.4) is 0 Å². The number of rotatable bonds is 8. The molecule has 14 heteroatoms. The SMILES string of the molecule is O[C@H](CN(Cc1cc(C(F)(F)F)ccc1F)c1cccc(Oc2cccc(SC(F)(F)F)c2)c1)C(F)(F)F. The standard InChI is InChI=1S/C24H17F10NO2S/c25-20-8-7-15(22(26,27)28)9-14(20)12-35(13-21(36)23(29,30)31)16-3-1-4-17(10-16)37-18-5-2-6-19(11-18)38-24(32,33)34/h1-11,21,36H,12-13H2/t21-/m1/s1. The molecule has 1 atom stereocenters. The number of nitrogens with zero attached hydrogens (tertiary/aromatic N) is 1. The highest BCUT2D eigenvalue weighted by Gasteiger charge is 2.39. The third kappa shape index (κ3) is 8.45. The predicted molar refractivity (Wildman–Crippen MR) is 119 cm³/mol. The summed E-state index contributed by atoms with van der Waals surface area (Å²) in [5.41, 5.74) is -6.46.